The lowest BCUT2D eigenvalue weighted by Gasteiger charge is -2.21. The van der Waals surface area contributed by atoms with Crippen molar-refractivity contribution in [2.75, 3.05) is 18.0 Å². The summed E-state index contributed by atoms with van der Waals surface area (Å²) in [6.45, 7) is 6.08. The van der Waals surface area contributed by atoms with Crippen molar-refractivity contribution in [1.82, 2.24) is 0 Å². The van der Waals surface area contributed by atoms with E-state index in [0.29, 0.717) is 21.2 Å². The van der Waals surface area contributed by atoms with E-state index in [1.165, 1.54) is 0 Å². The van der Waals surface area contributed by atoms with Crippen LogP contribution in [0, 0.1) is 0 Å². The minimum atomic E-state index is -0.117. The Bertz CT molecular complexity index is 634. The van der Waals surface area contributed by atoms with Gasteiger partial charge in [-0.1, -0.05) is 23.2 Å². The normalized spacial score (nSPS) is 10.5. The molecule has 2 nitrogen and oxygen atoms in total. The SMILES string of the molecule is CCN(CC)c1ccc(C(=O)c2cc(Cl)ccc2Cl)cc1. The Labute approximate surface area is 135 Å². The predicted molar refractivity (Wildman–Crippen MR) is 89.9 cm³/mol. The number of halogens is 2. The lowest BCUT2D eigenvalue weighted by Crippen LogP contribution is -2.21. The molecule has 110 valence electrons. The van der Waals surface area contributed by atoms with Gasteiger partial charge >= 0.3 is 0 Å². The third-order valence-electron chi connectivity index (χ3n) is 3.43. The van der Waals surface area contributed by atoms with Crippen molar-refractivity contribution < 1.29 is 4.79 Å². The molecule has 0 aromatic heterocycles. The van der Waals surface area contributed by atoms with Gasteiger partial charge in [-0.2, -0.15) is 0 Å². The molecular formula is C17H17Cl2NO. The van der Waals surface area contributed by atoms with Crippen LogP contribution >= 0.6 is 23.2 Å². The second-order valence-electron chi connectivity index (χ2n) is 4.67. The van der Waals surface area contributed by atoms with Crippen LogP contribution in [0.3, 0.4) is 0 Å². The third kappa shape index (κ3) is 3.58. The highest BCUT2D eigenvalue weighted by molar-refractivity contribution is 6.36. The second-order valence-corrected chi connectivity index (χ2v) is 5.52. The molecule has 4 heteroatoms. The van der Waals surface area contributed by atoms with Crippen LogP contribution in [0.25, 0.3) is 0 Å². The fourth-order valence-corrected chi connectivity index (χ4v) is 2.61. The van der Waals surface area contributed by atoms with Crippen molar-refractivity contribution in [3.05, 3.63) is 63.6 Å². The summed E-state index contributed by atoms with van der Waals surface area (Å²) < 4.78 is 0. The molecule has 2 aromatic rings. The number of rotatable bonds is 5. The van der Waals surface area contributed by atoms with E-state index in [4.69, 9.17) is 23.2 Å². The van der Waals surface area contributed by atoms with E-state index < -0.39 is 0 Å². The van der Waals surface area contributed by atoms with Gasteiger partial charge in [-0.05, 0) is 56.3 Å². The summed E-state index contributed by atoms with van der Waals surface area (Å²) in [4.78, 5) is 14.7. The summed E-state index contributed by atoms with van der Waals surface area (Å²) in [5, 5.41) is 0.916. The van der Waals surface area contributed by atoms with Gasteiger partial charge in [0.15, 0.2) is 5.78 Å². The van der Waals surface area contributed by atoms with E-state index in [1.807, 2.05) is 24.3 Å². The molecule has 0 bridgehead atoms. The van der Waals surface area contributed by atoms with Crippen LogP contribution in [0.1, 0.15) is 29.8 Å². The van der Waals surface area contributed by atoms with Gasteiger partial charge in [-0.3, -0.25) is 4.79 Å². The van der Waals surface area contributed by atoms with Crippen LogP contribution in [-0.4, -0.2) is 18.9 Å². The topological polar surface area (TPSA) is 20.3 Å². The Morgan fingerprint density at radius 3 is 2.19 bits per heavy atom. The summed E-state index contributed by atoms with van der Waals surface area (Å²) in [5.41, 5.74) is 2.14. The Balaban J connectivity index is 2.30. The van der Waals surface area contributed by atoms with Gasteiger partial charge in [-0.25, -0.2) is 0 Å². The van der Waals surface area contributed by atoms with E-state index in [2.05, 4.69) is 18.7 Å². The van der Waals surface area contributed by atoms with E-state index in [9.17, 15) is 4.79 Å². The fraction of sp³-hybridized carbons (Fsp3) is 0.235. The Hall–Kier alpha value is -1.51. The molecule has 21 heavy (non-hydrogen) atoms. The first kappa shape index (κ1) is 15.9. The quantitative estimate of drug-likeness (QED) is 0.716. The molecule has 0 spiro atoms. The van der Waals surface area contributed by atoms with Crippen molar-refractivity contribution in [2.24, 2.45) is 0 Å². The standard InChI is InChI=1S/C17H17Cl2NO/c1-3-20(4-2)14-8-5-12(6-9-14)17(21)15-11-13(18)7-10-16(15)19/h5-11H,3-4H2,1-2H3. The smallest absolute Gasteiger partial charge is 0.194 e. The maximum atomic E-state index is 12.5. The van der Waals surface area contributed by atoms with Crippen molar-refractivity contribution in [3.8, 4) is 0 Å². The van der Waals surface area contributed by atoms with E-state index in [0.717, 1.165) is 18.8 Å². The summed E-state index contributed by atoms with van der Waals surface area (Å²) in [6.07, 6.45) is 0. The number of ketones is 1. The Kier molecular flexibility index (Phi) is 5.27. The molecule has 0 aliphatic heterocycles. The molecule has 0 aliphatic carbocycles. The molecule has 0 saturated carbocycles. The molecule has 0 N–H and O–H groups in total. The van der Waals surface area contributed by atoms with Gasteiger partial charge in [-0.15, -0.1) is 0 Å². The number of benzene rings is 2. The molecule has 0 atom stereocenters. The van der Waals surface area contributed by atoms with Crippen LogP contribution in [0.5, 0.6) is 0 Å². The zero-order valence-electron chi connectivity index (χ0n) is 12.1. The highest BCUT2D eigenvalue weighted by atomic mass is 35.5. The van der Waals surface area contributed by atoms with Gasteiger partial charge < -0.3 is 4.90 Å². The van der Waals surface area contributed by atoms with Crippen molar-refractivity contribution in [1.29, 1.82) is 0 Å². The molecule has 0 unspecified atom stereocenters. The number of carbonyl (C=O) groups excluding carboxylic acids is 1. The predicted octanol–water partition coefficient (Wildman–Crippen LogP) is 5.07. The average molecular weight is 322 g/mol. The van der Waals surface area contributed by atoms with E-state index in [-0.39, 0.29) is 5.78 Å². The Morgan fingerprint density at radius 2 is 1.62 bits per heavy atom. The lowest BCUT2D eigenvalue weighted by molar-refractivity contribution is 0.103. The molecule has 2 rings (SSSR count). The van der Waals surface area contributed by atoms with Gasteiger partial charge in [0.1, 0.15) is 0 Å². The van der Waals surface area contributed by atoms with Gasteiger partial charge in [0.25, 0.3) is 0 Å². The average Bonchev–Trinajstić information content (AvgIpc) is 2.51. The minimum Gasteiger partial charge on any atom is -0.372 e. The second kappa shape index (κ2) is 6.97. The highest BCUT2D eigenvalue weighted by Crippen LogP contribution is 2.24. The maximum Gasteiger partial charge on any atom is 0.194 e. The number of hydrogen-bond acceptors (Lipinski definition) is 2. The molecule has 0 heterocycles. The number of carbonyl (C=O) groups is 1. The fourth-order valence-electron chi connectivity index (χ4n) is 2.24. The van der Waals surface area contributed by atoms with Crippen LogP contribution in [0.15, 0.2) is 42.5 Å². The molecular weight excluding hydrogens is 305 g/mol. The number of nitrogens with zero attached hydrogens (tertiary/aromatic N) is 1. The lowest BCUT2D eigenvalue weighted by atomic mass is 10.0. The van der Waals surface area contributed by atoms with Gasteiger partial charge in [0.05, 0.1) is 5.02 Å². The van der Waals surface area contributed by atoms with E-state index >= 15 is 0 Å². The highest BCUT2D eigenvalue weighted by Gasteiger charge is 2.14. The summed E-state index contributed by atoms with van der Waals surface area (Å²) in [6, 6.07) is 12.5. The third-order valence-corrected chi connectivity index (χ3v) is 4.00. The molecule has 0 aliphatic rings. The van der Waals surface area contributed by atoms with Crippen LogP contribution in [0.2, 0.25) is 10.0 Å². The molecule has 0 fully saturated rings. The van der Waals surface area contributed by atoms with Gasteiger partial charge in [0, 0.05) is 34.9 Å². The first-order chi connectivity index (χ1) is 10.1. The molecule has 0 saturated heterocycles. The zero-order valence-corrected chi connectivity index (χ0v) is 13.6. The van der Waals surface area contributed by atoms with Crippen LogP contribution in [0.4, 0.5) is 5.69 Å². The molecule has 0 radical (unpaired) electrons. The van der Waals surface area contributed by atoms with Gasteiger partial charge in [0.2, 0.25) is 0 Å². The van der Waals surface area contributed by atoms with Crippen molar-refractivity contribution >= 4 is 34.7 Å². The van der Waals surface area contributed by atoms with E-state index in [1.54, 1.807) is 18.2 Å². The van der Waals surface area contributed by atoms with Crippen molar-refractivity contribution in [3.63, 3.8) is 0 Å². The van der Waals surface area contributed by atoms with Crippen molar-refractivity contribution in [2.45, 2.75) is 13.8 Å². The number of hydrogen-bond donors (Lipinski definition) is 0. The maximum absolute atomic E-state index is 12.5. The van der Waals surface area contributed by atoms with Crippen LogP contribution < -0.4 is 4.90 Å². The first-order valence-corrected chi connectivity index (χ1v) is 7.67. The molecule has 0 amide bonds. The Morgan fingerprint density at radius 1 is 1.00 bits per heavy atom. The largest absolute Gasteiger partial charge is 0.372 e. The monoisotopic (exact) mass is 321 g/mol. The molecule has 2 aromatic carbocycles. The minimum absolute atomic E-state index is 0.117. The first-order valence-electron chi connectivity index (χ1n) is 6.91. The summed E-state index contributed by atoms with van der Waals surface area (Å²) >= 11 is 12.0. The van der Waals surface area contributed by atoms with Crippen LogP contribution in [-0.2, 0) is 0 Å². The zero-order chi connectivity index (χ0) is 15.4. The number of anilines is 1. The summed E-state index contributed by atoms with van der Waals surface area (Å²) in [5.74, 6) is -0.117. The summed E-state index contributed by atoms with van der Waals surface area (Å²) in [7, 11) is 0.